The molecule has 0 spiro atoms. The van der Waals surface area contributed by atoms with Gasteiger partial charge in [-0.05, 0) is 43.9 Å². The van der Waals surface area contributed by atoms with E-state index in [4.69, 9.17) is 5.73 Å². The van der Waals surface area contributed by atoms with E-state index in [1.54, 1.807) is 6.20 Å². The fraction of sp³-hybridized carbons (Fsp3) is 0.533. The van der Waals surface area contributed by atoms with Crippen LogP contribution in [0, 0.1) is 12.3 Å². The Morgan fingerprint density at radius 1 is 1.38 bits per heavy atom. The molecule has 6 heteroatoms. The summed E-state index contributed by atoms with van der Waals surface area (Å²) in [5.41, 5.74) is 8.07. The molecule has 0 aliphatic carbocycles. The standard InChI is InChI=1S/C15H22N6/c1-11-12(4-3-7-17-11)13-18-14(20-19-13)21-8-5-15(2,10-16)6-9-21/h3-4,7H,5-6,8-10,16H2,1-2H3,(H,18,19,20). The molecule has 0 atom stereocenters. The Hall–Kier alpha value is -1.95. The van der Waals surface area contributed by atoms with Crippen molar-refractivity contribution < 1.29 is 0 Å². The Balaban J connectivity index is 1.76. The zero-order valence-electron chi connectivity index (χ0n) is 12.6. The minimum Gasteiger partial charge on any atom is -0.339 e. The first-order valence-corrected chi connectivity index (χ1v) is 7.41. The molecule has 0 amide bonds. The number of nitrogens with two attached hydrogens (primary N) is 1. The summed E-state index contributed by atoms with van der Waals surface area (Å²) in [4.78, 5) is 11.1. The van der Waals surface area contributed by atoms with Crippen molar-refractivity contribution in [3.05, 3.63) is 24.0 Å². The third kappa shape index (κ3) is 2.76. The Kier molecular flexibility index (Phi) is 3.63. The summed E-state index contributed by atoms with van der Waals surface area (Å²) in [5, 5.41) is 7.39. The van der Waals surface area contributed by atoms with Gasteiger partial charge < -0.3 is 10.6 Å². The van der Waals surface area contributed by atoms with E-state index < -0.39 is 0 Å². The van der Waals surface area contributed by atoms with Crippen molar-refractivity contribution in [1.29, 1.82) is 0 Å². The second-order valence-corrected chi connectivity index (χ2v) is 6.12. The van der Waals surface area contributed by atoms with Gasteiger partial charge in [0, 0.05) is 30.5 Å². The van der Waals surface area contributed by atoms with Crippen LogP contribution in [0.15, 0.2) is 18.3 Å². The van der Waals surface area contributed by atoms with E-state index in [0.717, 1.165) is 55.5 Å². The molecule has 2 aromatic heterocycles. The number of nitrogens with one attached hydrogen (secondary N) is 1. The largest absolute Gasteiger partial charge is 0.339 e. The van der Waals surface area contributed by atoms with Gasteiger partial charge in [0.1, 0.15) is 0 Å². The van der Waals surface area contributed by atoms with E-state index >= 15 is 0 Å². The highest BCUT2D eigenvalue weighted by Gasteiger charge is 2.30. The molecular weight excluding hydrogens is 264 g/mol. The highest BCUT2D eigenvalue weighted by atomic mass is 15.4. The number of hydrogen-bond donors (Lipinski definition) is 2. The number of nitrogens with zero attached hydrogens (tertiary/aromatic N) is 4. The van der Waals surface area contributed by atoms with Gasteiger partial charge in [0.2, 0.25) is 5.95 Å². The lowest BCUT2D eigenvalue weighted by Crippen LogP contribution is -2.42. The van der Waals surface area contributed by atoms with Crippen LogP contribution in [0.4, 0.5) is 5.95 Å². The number of piperidine rings is 1. The number of rotatable bonds is 3. The monoisotopic (exact) mass is 286 g/mol. The zero-order chi connectivity index (χ0) is 14.9. The fourth-order valence-corrected chi connectivity index (χ4v) is 2.70. The molecule has 3 heterocycles. The Labute approximate surface area is 124 Å². The minimum absolute atomic E-state index is 0.259. The van der Waals surface area contributed by atoms with Crippen molar-refractivity contribution in [1.82, 2.24) is 20.2 Å². The summed E-state index contributed by atoms with van der Waals surface area (Å²) in [7, 11) is 0. The van der Waals surface area contributed by atoms with Gasteiger partial charge in [-0.1, -0.05) is 6.92 Å². The van der Waals surface area contributed by atoms with Crippen LogP contribution in [0.25, 0.3) is 11.4 Å². The van der Waals surface area contributed by atoms with E-state index in [1.807, 2.05) is 19.1 Å². The predicted molar refractivity (Wildman–Crippen MR) is 83.0 cm³/mol. The van der Waals surface area contributed by atoms with Crippen LogP contribution < -0.4 is 10.6 Å². The lowest BCUT2D eigenvalue weighted by atomic mass is 9.81. The van der Waals surface area contributed by atoms with Crippen molar-refractivity contribution in [2.45, 2.75) is 26.7 Å². The maximum atomic E-state index is 5.86. The first-order chi connectivity index (χ1) is 10.1. The van der Waals surface area contributed by atoms with Crippen molar-refractivity contribution in [3.8, 4) is 11.4 Å². The highest BCUT2D eigenvalue weighted by Crippen LogP contribution is 2.31. The van der Waals surface area contributed by atoms with Crippen molar-refractivity contribution in [2.75, 3.05) is 24.5 Å². The molecule has 1 saturated heterocycles. The van der Waals surface area contributed by atoms with Gasteiger partial charge in [-0.2, -0.15) is 4.98 Å². The van der Waals surface area contributed by atoms with E-state index in [2.05, 4.69) is 32.0 Å². The second-order valence-electron chi connectivity index (χ2n) is 6.12. The Bertz CT molecular complexity index is 612. The molecule has 3 N–H and O–H groups in total. The summed E-state index contributed by atoms with van der Waals surface area (Å²) in [6.45, 7) is 6.89. The van der Waals surface area contributed by atoms with E-state index in [9.17, 15) is 0 Å². The molecule has 0 bridgehead atoms. The van der Waals surface area contributed by atoms with Gasteiger partial charge in [0.05, 0.1) is 0 Å². The first kappa shape index (κ1) is 14.0. The predicted octanol–water partition coefficient (Wildman–Crippen LogP) is 1.74. The number of H-pyrrole nitrogens is 1. The Morgan fingerprint density at radius 2 is 2.14 bits per heavy atom. The molecule has 1 aliphatic rings. The molecule has 0 radical (unpaired) electrons. The first-order valence-electron chi connectivity index (χ1n) is 7.41. The number of pyridine rings is 1. The van der Waals surface area contributed by atoms with E-state index in [1.165, 1.54) is 0 Å². The molecule has 3 rings (SSSR count). The summed E-state index contributed by atoms with van der Waals surface area (Å²) < 4.78 is 0. The average Bonchev–Trinajstić information content (AvgIpc) is 2.98. The van der Waals surface area contributed by atoms with Crippen LogP contribution in [0.1, 0.15) is 25.5 Å². The summed E-state index contributed by atoms with van der Waals surface area (Å²) in [5.74, 6) is 1.55. The topological polar surface area (TPSA) is 83.7 Å². The van der Waals surface area contributed by atoms with Crippen LogP contribution in [0.5, 0.6) is 0 Å². The van der Waals surface area contributed by atoms with Crippen LogP contribution in [-0.4, -0.2) is 39.8 Å². The van der Waals surface area contributed by atoms with Crippen LogP contribution >= 0.6 is 0 Å². The van der Waals surface area contributed by atoms with Gasteiger partial charge >= 0.3 is 0 Å². The molecule has 0 unspecified atom stereocenters. The van der Waals surface area contributed by atoms with Crippen molar-refractivity contribution in [2.24, 2.45) is 11.1 Å². The van der Waals surface area contributed by atoms with Gasteiger partial charge in [0.15, 0.2) is 5.82 Å². The molecule has 2 aromatic rings. The molecule has 1 aliphatic heterocycles. The van der Waals surface area contributed by atoms with Crippen LogP contribution in [0.2, 0.25) is 0 Å². The average molecular weight is 286 g/mol. The maximum Gasteiger partial charge on any atom is 0.245 e. The van der Waals surface area contributed by atoms with E-state index in [0.29, 0.717) is 0 Å². The molecule has 0 aromatic carbocycles. The summed E-state index contributed by atoms with van der Waals surface area (Å²) in [6.07, 6.45) is 3.95. The van der Waals surface area contributed by atoms with Crippen LogP contribution in [-0.2, 0) is 0 Å². The SMILES string of the molecule is Cc1ncccc1-c1nc(N2CCC(C)(CN)CC2)n[nH]1. The smallest absolute Gasteiger partial charge is 0.245 e. The molecular formula is C15H22N6. The quantitative estimate of drug-likeness (QED) is 0.898. The fourth-order valence-electron chi connectivity index (χ4n) is 2.70. The molecule has 112 valence electrons. The number of aromatic amines is 1. The second kappa shape index (κ2) is 5.44. The number of anilines is 1. The maximum absolute atomic E-state index is 5.86. The van der Waals surface area contributed by atoms with Gasteiger partial charge in [-0.15, -0.1) is 5.10 Å². The third-order valence-electron chi connectivity index (χ3n) is 4.48. The van der Waals surface area contributed by atoms with Crippen molar-refractivity contribution >= 4 is 5.95 Å². The lowest BCUT2D eigenvalue weighted by molar-refractivity contribution is 0.257. The summed E-state index contributed by atoms with van der Waals surface area (Å²) in [6, 6.07) is 3.92. The number of hydrogen-bond acceptors (Lipinski definition) is 5. The van der Waals surface area contributed by atoms with Gasteiger partial charge in [-0.3, -0.25) is 10.1 Å². The summed E-state index contributed by atoms with van der Waals surface area (Å²) >= 11 is 0. The molecule has 1 fully saturated rings. The van der Waals surface area contributed by atoms with Crippen molar-refractivity contribution in [3.63, 3.8) is 0 Å². The van der Waals surface area contributed by atoms with Crippen LogP contribution in [0.3, 0.4) is 0 Å². The number of aromatic nitrogens is 4. The third-order valence-corrected chi connectivity index (χ3v) is 4.48. The Morgan fingerprint density at radius 3 is 2.81 bits per heavy atom. The van der Waals surface area contributed by atoms with E-state index in [-0.39, 0.29) is 5.41 Å². The van der Waals surface area contributed by atoms with Gasteiger partial charge in [-0.25, -0.2) is 0 Å². The highest BCUT2D eigenvalue weighted by molar-refractivity contribution is 5.58. The van der Waals surface area contributed by atoms with Gasteiger partial charge in [0.25, 0.3) is 0 Å². The zero-order valence-corrected chi connectivity index (χ0v) is 12.6. The molecule has 6 nitrogen and oxygen atoms in total. The molecule has 21 heavy (non-hydrogen) atoms. The normalized spacial score (nSPS) is 18.0. The minimum atomic E-state index is 0.259. The lowest BCUT2D eigenvalue weighted by Gasteiger charge is -2.38. The molecule has 0 saturated carbocycles. The number of aryl methyl sites for hydroxylation is 1.